The van der Waals surface area contributed by atoms with Crippen LogP contribution in [0.2, 0.25) is 0 Å². The van der Waals surface area contributed by atoms with Crippen molar-refractivity contribution in [2.75, 3.05) is 30.9 Å². The molecule has 126 valence electrons. The Hall–Kier alpha value is -3.00. The number of aromatic nitrogens is 1. The van der Waals surface area contributed by atoms with Crippen molar-refractivity contribution in [3.63, 3.8) is 0 Å². The van der Waals surface area contributed by atoms with Crippen LogP contribution in [-0.2, 0) is 4.74 Å². The second-order valence-corrected chi connectivity index (χ2v) is 5.08. The average Bonchev–Trinajstić information content (AvgIpc) is 2.55. The standard InChI is InChI=1S/C16H18N4O4/c1-11-5-6-18-15(9-11)19-16(21)13-10-12(20(22)23)3-4-14(13)17-7-8-24-2/h3-6,9-10,17H,7-8H2,1-2H3,(H,18,19,21). The zero-order valence-corrected chi connectivity index (χ0v) is 13.4. The highest BCUT2D eigenvalue weighted by Crippen LogP contribution is 2.23. The van der Waals surface area contributed by atoms with Crippen LogP contribution < -0.4 is 10.6 Å². The summed E-state index contributed by atoms with van der Waals surface area (Å²) in [6.07, 6.45) is 1.58. The second-order valence-electron chi connectivity index (χ2n) is 5.08. The molecule has 0 aliphatic heterocycles. The van der Waals surface area contributed by atoms with Gasteiger partial charge in [-0.15, -0.1) is 0 Å². The summed E-state index contributed by atoms with van der Waals surface area (Å²) in [5.41, 5.74) is 1.44. The van der Waals surface area contributed by atoms with Gasteiger partial charge in [0.15, 0.2) is 0 Å². The zero-order valence-electron chi connectivity index (χ0n) is 13.4. The van der Waals surface area contributed by atoms with E-state index in [1.54, 1.807) is 25.4 Å². The first kappa shape index (κ1) is 17.4. The van der Waals surface area contributed by atoms with E-state index in [9.17, 15) is 14.9 Å². The number of hydrogen-bond acceptors (Lipinski definition) is 6. The van der Waals surface area contributed by atoms with Crippen LogP contribution in [0.1, 0.15) is 15.9 Å². The first-order chi connectivity index (χ1) is 11.5. The van der Waals surface area contributed by atoms with Gasteiger partial charge in [-0.1, -0.05) is 0 Å². The van der Waals surface area contributed by atoms with Gasteiger partial charge in [0.1, 0.15) is 5.82 Å². The minimum absolute atomic E-state index is 0.158. The molecule has 0 radical (unpaired) electrons. The molecule has 0 aliphatic rings. The van der Waals surface area contributed by atoms with Crippen molar-refractivity contribution in [2.45, 2.75) is 6.92 Å². The SMILES string of the molecule is COCCNc1ccc([N+](=O)[O-])cc1C(=O)Nc1cc(C)ccn1. The number of non-ortho nitro benzene ring substituents is 1. The Morgan fingerprint density at radius 1 is 1.33 bits per heavy atom. The van der Waals surface area contributed by atoms with E-state index < -0.39 is 10.8 Å². The van der Waals surface area contributed by atoms with E-state index in [0.29, 0.717) is 24.7 Å². The number of amides is 1. The molecule has 0 saturated heterocycles. The predicted molar refractivity (Wildman–Crippen MR) is 90.4 cm³/mol. The summed E-state index contributed by atoms with van der Waals surface area (Å²) in [4.78, 5) is 27.0. The molecule has 2 rings (SSSR count). The smallest absolute Gasteiger partial charge is 0.270 e. The van der Waals surface area contributed by atoms with Crippen molar-refractivity contribution in [3.05, 3.63) is 57.8 Å². The molecular formula is C16H18N4O4. The van der Waals surface area contributed by atoms with E-state index in [2.05, 4.69) is 15.6 Å². The molecule has 0 bridgehead atoms. The number of hydrogen-bond donors (Lipinski definition) is 2. The molecule has 2 N–H and O–H groups in total. The molecular weight excluding hydrogens is 312 g/mol. The molecule has 1 aromatic heterocycles. The Kier molecular flexibility index (Phi) is 5.80. The fraction of sp³-hybridized carbons (Fsp3) is 0.250. The number of benzene rings is 1. The number of aryl methyl sites for hydroxylation is 1. The molecule has 0 aliphatic carbocycles. The van der Waals surface area contributed by atoms with E-state index >= 15 is 0 Å². The number of nitrogens with zero attached hydrogens (tertiary/aromatic N) is 2. The van der Waals surface area contributed by atoms with Crippen molar-refractivity contribution in [1.29, 1.82) is 0 Å². The lowest BCUT2D eigenvalue weighted by atomic mass is 10.1. The van der Waals surface area contributed by atoms with Crippen LogP contribution in [0.5, 0.6) is 0 Å². The minimum atomic E-state index is -0.541. The number of ether oxygens (including phenoxy) is 1. The fourth-order valence-corrected chi connectivity index (χ4v) is 2.06. The number of carbonyl (C=O) groups is 1. The van der Waals surface area contributed by atoms with E-state index in [-0.39, 0.29) is 11.3 Å². The maximum absolute atomic E-state index is 12.5. The Bertz CT molecular complexity index is 749. The molecule has 1 aromatic carbocycles. The number of anilines is 2. The highest BCUT2D eigenvalue weighted by Gasteiger charge is 2.17. The highest BCUT2D eigenvalue weighted by atomic mass is 16.6. The van der Waals surface area contributed by atoms with Crippen molar-refractivity contribution in [3.8, 4) is 0 Å². The third-order valence-electron chi connectivity index (χ3n) is 3.24. The maximum Gasteiger partial charge on any atom is 0.270 e. The first-order valence-corrected chi connectivity index (χ1v) is 7.26. The van der Waals surface area contributed by atoms with Crippen LogP contribution in [0, 0.1) is 17.0 Å². The highest BCUT2D eigenvalue weighted by molar-refractivity contribution is 6.08. The number of carbonyl (C=O) groups excluding carboxylic acids is 1. The van der Waals surface area contributed by atoms with E-state index in [1.165, 1.54) is 18.2 Å². The van der Waals surface area contributed by atoms with Gasteiger partial charge in [0, 0.05) is 37.7 Å². The van der Waals surface area contributed by atoms with E-state index in [1.807, 2.05) is 6.92 Å². The molecule has 0 spiro atoms. The lowest BCUT2D eigenvalue weighted by Gasteiger charge is -2.12. The summed E-state index contributed by atoms with van der Waals surface area (Å²) in [6, 6.07) is 7.61. The monoisotopic (exact) mass is 330 g/mol. The van der Waals surface area contributed by atoms with Gasteiger partial charge in [-0.25, -0.2) is 4.98 Å². The van der Waals surface area contributed by atoms with Crippen LogP contribution in [0.25, 0.3) is 0 Å². The number of rotatable bonds is 7. The number of nitro benzene ring substituents is 1. The van der Waals surface area contributed by atoms with Gasteiger partial charge in [-0.05, 0) is 30.7 Å². The van der Waals surface area contributed by atoms with Crippen molar-refractivity contribution >= 4 is 23.1 Å². The summed E-state index contributed by atoms with van der Waals surface area (Å²) in [7, 11) is 1.56. The van der Waals surface area contributed by atoms with Gasteiger partial charge in [0.2, 0.25) is 0 Å². The van der Waals surface area contributed by atoms with Crippen LogP contribution in [0.4, 0.5) is 17.2 Å². The van der Waals surface area contributed by atoms with Crippen molar-refractivity contribution in [1.82, 2.24) is 4.98 Å². The first-order valence-electron chi connectivity index (χ1n) is 7.26. The number of nitrogens with one attached hydrogen (secondary N) is 2. The number of methoxy groups -OCH3 is 1. The molecule has 0 atom stereocenters. The lowest BCUT2D eigenvalue weighted by Crippen LogP contribution is -2.17. The molecule has 2 aromatic rings. The van der Waals surface area contributed by atoms with E-state index in [4.69, 9.17) is 4.74 Å². The van der Waals surface area contributed by atoms with Gasteiger partial charge in [0.05, 0.1) is 17.1 Å². The molecule has 24 heavy (non-hydrogen) atoms. The van der Waals surface area contributed by atoms with Crippen molar-refractivity contribution < 1.29 is 14.5 Å². The second kappa shape index (κ2) is 8.02. The molecule has 8 heteroatoms. The summed E-state index contributed by atoms with van der Waals surface area (Å²) in [6.45, 7) is 2.79. The normalized spacial score (nSPS) is 10.2. The fourth-order valence-electron chi connectivity index (χ4n) is 2.06. The Labute approximate surface area is 139 Å². The number of pyridine rings is 1. The van der Waals surface area contributed by atoms with Gasteiger partial charge < -0.3 is 15.4 Å². The van der Waals surface area contributed by atoms with Crippen LogP contribution in [0.15, 0.2) is 36.5 Å². The Morgan fingerprint density at radius 3 is 2.79 bits per heavy atom. The van der Waals surface area contributed by atoms with Gasteiger partial charge in [-0.2, -0.15) is 0 Å². The summed E-state index contributed by atoms with van der Waals surface area (Å²) >= 11 is 0. The summed E-state index contributed by atoms with van der Waals surface area (Å²) in [5, 5.41) is 16.7. The number of nitro groups is 1. The van der Waals surface area contributed by atoms with Crippen LogP contribution >= 0.6 is 0 Å². The third kappa shape index (κ3) is 4.50. The Morgan fingerprint density at radius 2 is 2.12 bits per heavy atom. The molecule has 0 saturated carbocycles. The average molecular weight is 330 g/mol. The van der Waals surface area contributed by atoms with Gasteiger partial charge >= 0.3 is 0 Å². The maximum atomic E-state index is 12.5. The van der Waals surface area contributed by atoms with Crippen molar-refractivity contribution in [2.24, 2.45) is 0 Å². The molecule has 0 fully saturated rings. The molecule has 1 amide bonds. The van der Waals surface area contributed by atoms with Gasteiger partial charge in [-0.3, -0.25) is 14.9 Å². The topological polar surface area (TPSA) is 106 Å². The van der Waals surface area contributed by atoms with E-state index in [0.717, 1.165) is 5.56 Å². The molecule has 8 nitrogen and oxygen atoms in total. The quantitative estimate of drug-likeness (QED) is 0.459. The summed E-state index contributed by atoms with van der Waals surface area (Å²) < 4.78 is 4.95. The minimum Gasteiger partial charge on any atom is -0.383 e. The largest absolute Gasteiger partial charge is 0.383 e. The summed E-state index contributed by atoms with van der Waals surface area (Å²) in [5.74, 6) is -0.0916. The zero-order chi connectivity index (χ0) is 17.5. The van der Waals surface area contributed by atoms with Crippen LogP contribution in [-0.4, -0.2) is 36.1 Å². The lowest BCUT2D eigenvalue weighted by molar-refractivity contribution is -0.384. The molecule has 0 unspecified atom stereocenters. The molecule has 1 heterocycles. The third-order valence-corrected chi connectivity index (χ3v) is 3.24. The predicted octanol–water partition coefficient (Wildman–Crippen LogP) is 2.61. The van der Waals surface area contributed by atoms with Gasteiger partial charge in [0.25, 0.3) is 11.6 Å². The Balaban J connectivity index is 2.28. The van der Waals surface area contributed by atoms with Crippen LogP contribution in [0.3, 0.4) is 0 Å².